The van der Waals surface area contributed by atoms with Crippen molar-refractivity contribution in [2.45, 2.75) is 51.7 Å². The predicted molar refractivity (Wildman–Crippen MR) is 138 cm³/mol. The first-order valence-corrected chi connectivity index (χ1v) is 12.7. The van der Waals surface area contributed by atoms with Gasteiger partial charge in [0.25, 0.3) is 5.91 Å². The van der Waals surface area contributed by atoms with Crippen LogP contribution in [0.5, 0.6) is 0 Å². The standard InChI is InChI=1S/C28H26N8O2.2Na/c1-2-3-8-25-30-22-16-36-24(26(37)21(14-29)28(36)38)13-23(22)35(25)15-17-9-11-18(12-10-17)19-6-4-5-7-20(19)27-31-33-34-32-27;;/h4-7,9-12,24,37H,2-3,8,13,15-16H2,1H3,(H,31,32,33,34);;/q;2*+1. The van der Waals surface area contributed by atoms with Crippen LogP contribution in [0.25, 0.3) is 22.5 Å². The van der Waals surface area contributed by atoms with Gasteiger partial charge in [0, 0.05) is 30.6 Å². The number of benzene rings is 2. The minimum atomic E-state index is -0.511. The van der Waals surface area contributed by atoms with E-state index < -0.39 is 11.9 Å². The first-order chi connectivity index (χ1) is 18.6. The van der Waals surface area contributed by atoms with E-state index in [4.69, 9.17) is 4.98 Å². The Hall–Kier alpha value is -2.78. The second-order valence-corrected chi connectivity index (χ2v) is 9.61. The minimum absolute atomic E-state index is 0. The largest absolute Gasteiger partial charge is 1.00 e. The maximum Gasteiger partial charge on any atom is 1.00 e. The molecule has 12 heteroatoms. The van der Waals surface area contributed by atoms with E-state index >= 15 is 0 Å². The Bertz CT molecular complexity index is 1590. The first kappa shape index (κ1) is 30.2. The molecule has 4 heterocycles. The summed E-state index contributed by atoms with van der Waals surface area (Å²) in [5, 5.41) is 34.4. The van der Waals surface area contributed by atoms with Crippen molar-refractivity contribution in [1.29, 1.82) is 5.26 Å². The number of unbranched alkanes of at least 4 members (excludes halogenated alkanes) is 1. The Morgan fingerprint density at radius 2 is 1.88 bits per heavy atom. The van der Waals surface area contributed by atoms with Crippen molar-refractivity contribution in [3.63, 3.8) is 0 Å². The van der Waals surface area contributed by atoms with Crippen LogP contribution < -0.4 is 59.1 Å². The number of hydrogen-bond donors (Lipinski definition) is 2. The van der Waals surface area contributed by atoms with Crippen molar-refractivity contribution in [1.82, 2.24) is 35.1 Å². The number of fused-ring (bicyclic) bond motifs is 2. The average Bonchev–Trinajstić information content (AvgIpc) is 3.65. The van der Waals surface area contributed by atoms with Gasteiger partial charge in [-0.15, -0.1) is 10.2 Å². The summed E-state index contributed by atoms with van der Waals surface area (Å²) in [5.74, 6) is 0.991. The minimum Gasteiger partial charge on any atom is -0.508 e. The summed E-state index contributed by atoms with van der Waals surface area (Å²) in [6.07, 6.45) is 3.34. The number of aromatic amines is 1. The maximum atomic E-state index is 12.6. The Morgan fingerprint density at radius 1 is 1.12 bits per heavy atom. The number of carbonyl (C=O) groups excluding carboxylic acids is 1. The van der Waals surface area contributed by atoms with E-state index in [9.17, 15) is 15.2 Å². The van der Waals surface area contributed by atoms with E-state index in [0.717, 1.165) is 58.7 Å². The molecule has 2 aliphatic rings. The molecule has 190 valence electrons. The quantitative estimate of drug-likeness (QED) is 0.247. The third-order valence-electron chi connectivity index (χ3n) is 7.35. The number of hydrogen-bond acceptors (Lipinski definition) is 7. The molecular weight excluding hydrogens is 526 g/mol. The molecule has 0 saturated heterocycles. The summed E-state index contributed by atoms with van der Waals surface area (Å²) >= 11 is 0. The molecule has 0 aliphatic carbocycles. The van der Waals surface area contributed by atoms with Gasteiger partial charge in [-0.1, -0.05) is 61.9 Å². The smallest absolute Gasteiger partial charge is 0.508 e. The van der Waals surface area contributed by atoms with Crippen molar-refractivity contribution in [2.24, 2.45) is 0 Å². The van der Waals surface area contributed by atoms with E-state index in [-0.39, 0.29) is 70.4 Å². The topological polar surface area (TPSA) is 137 Å². The summed E-state index contributed by atoms with van der Waals surface area (Å²) in [6.45, 7) is 3.08. The number of aryl methyl sites for hydroxylation is 1. The van der Waals surface area contributed by atoms with Crippen LogP contribution in [0, 0.1) is 11.3 Å². The van der Waals surface area contributed by atoms with Crippen LogP contribution in [0.4, 0.5) is 0 Å². The molecule has 4 aromatic rings. The number of tetrazole rings is 1. The molecule has 1 atom stereocenters. The fourth-order valence-corrected chi connectivity index (χ4v) is 5.38. The molecule has 0 fully saturated rings. The van der Waals surface area contributed by atoms with Crippen LogP contribution in [0.15, 0.2) is 59.9 Å². The zero-order valence-electron chi connectivity index (χ0n) is 22.9. The number of nitrogens with zero attached hydrogens (tertiary/aromatic N) is 7. The Morgan fingerprint density at radius 3 is 2.55 bits per heavy atom. The summed E-state index contributed by atoms with van der Waals surface area (Å²) in [6, 6.07) is 17.7. The molecule has 10 nitrogen and oxygen atoms in total. The molecule has 1 unspecified atom stereocenters. The van der Waals surface area contributed by atoms with Crippen molar-refractivity contribution in [3.05, 3.63) is 82.6 Å². The van der Waals surface area contributed by atoms with Gasteiger partial charge in [-0.25, -0.2) is 4.98 Å². The van der Waals surface area contributed by atoms with Gasteiger partial charge in [0.15, 0.2) is 5.57 Å². The van der Waals surface area contributed by atoms with E-state index in [1.165, 1.54) is 0 Å². The summed E-state index contributed by atoms with van der Waals surface area (Å²) in [7, 11) is 0. The van der Waals surface area contributed by atoms with Crippen molar-refractivity contribution >= 4 is 5.91 Å². The number of aromatic nitrogens is 6. The third-order valence-corrected chi connectivity index (χ3v) is 7.35. The van der Waals surface area contributed by atoms with Gasteiger partial charge in [-0.2, -0.15) is 10.5 Å². The Labute approximate surface area is 276 Å². The first-order valence-electron chi connectivity index (χ1n) is 12.7. The number of nitrogens with one attached hydrogen (secondary N) is 1. The van der Waals surface area contributed by atoms with Gasteiger partial charge in [0.1, 0.15) is 17.7 Å². The van der Waals surface area contributed by atoms with E-state index in [1.807, 2.05) is 30.3 Å². The molecule has 2 aliphatic heterocycles. The summed E-state index contributed by atoms with van der Waals surface area (Å²) in [4.78, 5) is 19.1. The van der Waals surface area contributed by atoms with Gasteiger partial charge < -0.3 is 14.6 Å². The van der Waals surface area contributed by atoms with Gasteiger partial charge in [0.2, 0.25) is 5.82 Å². The van der Waals surface area contributed by atoms with Crippen molar-refractivity contribution < 1.29 is 69.0 Å². The number of carbonyl (C=O) groups is 1. The van der Waals surface area contributed by atoms with Crippen LogP contribution in [0.2, 0.25) is 0 Å². The van der Waals surface area contributed by atoms with Crippen LogP contribution >= 0.6 is 0 Å². The van der Waals surface area contributed by atoms with Crippen LogP contribution in [0.1, 0.15) is 42.5 Å². The third kappa shape index (κ3) is 5.42. The summed E-state index contributed by atoms with van der Waals surface area (Å²) < 4.78 is 2.23. The Kier molecular flexibility index (Phi) is 9.67. The molecule has 40 heavy (non-hydrogen) atoms. The molecule has 2 N–H and O–H groups in total. The SMILES string of the molecule is CCCCc1nc2c(n1Cc1ccc(-c3ccccc3-c3nn[nH]n3)cc1)CC1C(O)=C(C#N)C(=O)N1C2.[Na+].[Na+]. The normalized spacial score (nSPS) is 15.7. The molecule has 2 aromatic carbocycles. The van der Waals surface area contributed by atoms with E-state index in [2.05, 4.69) is 56.4 Å². The average molecular weight is 553 g/mol. The van der Waals surface area contributed by atoms with E-state index in [0.29, 0.717) is 25.3 Å². The molecule has 2 aromatic heterocycles. The molecule has 0 spiro atoms. The number of nitriles is 1. The second kappa shape index (κ2) is 12.8. The predicted octanol–water partition coefficient (Wildman–Crippen LogP) is -2.27. The summed E-state index contributed by atoms with van der Waals surface area (Å²) in [5.41, 5.74) is 5.79. The van der Waals surface area contributed by atoms with Gasteiger partial charge in [-0.3, -0.25) is 4.79 Å². The molecule has 0 saturated carbocycles. The van der Waals surface area contributed by atoms with Crippen molar-refractivity contribution in [3.8, 4) is 28.6 Å². The van der Waals surface area contributed by atoms with Crippen LogP contribution in [0.3, 0.4) is 0 Å². The van der Waals surface area contributed by atoms with Crippen molar-refractivity contribution in [2.75, 3.05) is 0 Å². The molecule has 6 rings (SSSR count). The fraction of sp³-hybridized carbons (Fsp3) is 0.286. The molecule has 0 bridgehead atoms. The zero-order valence-corrected chi connectivity index (χ0v) is 26.9. The molecule has 0 radical (unpaired) electrons. The van der Waals surface area contributed by atoms with Crippen LogP contribution in [-0.4, -0.2) is 52.1 Å². The number of aliphatic hydroxyl groups is 1. The van der Waals surface area contributed by atoms with Gasteiger partial charge in [-0.05, 0) is 28.3 Å². The van der Waals surface area contributed by atoms with E-state index in [1.54, 1.807) is 4.90 Å². The monoisotopic (exact) mass is 552 g/mol. The Balaban J connectivity index is 0.00000185. The number of amides is 1. The fourth-order valence-electron chi connectivity index (χ4n) is 5.38. The molecule has 1 amide bonds. The number of rotatable bonds is 7. The maximum absolute atomic E-state index is 12.6. The number of imidazole rings is 1. The number of aliphatic hydroxyl groups excluding tert-OH is 1. The second-order valence-electron chi connectivity index (χ2n) is 9.61. The van der Waals surface area contributed by atoms with Gasteiger partial charge >= 0.3 is 59.1 Å². The van der Waals surface area contributed by atoms with Gasteiger partial charge in [0.05, 0.1) is 18.3 Å². The number of H-pyrrole nitrogens is 1. The zero-order chi connectivity index (χ0) is 26.2. The van der Waals surface area contributed by atoms with Crippen LogP contribution in [-0.2, 0) is 30.7 Å². The molecular formula is C28H26N8Na2O2+2.